The Morgan fingerprint density at radius 3 is 2.46 bits per heavy atom. The normalized spacial score (nSPS) is 15.0. The van der Waals surface area contributed by atoms with E-state index in [4.69, 9.17) is 9.47 Å². The van der Waals surface area contributed by atoms with E-state index in [1.54, 1.807) is 44.6 Å². The lowest BCUT2D eigenvalue weighted by Gasteiger charge is -2.35. The molecule has 2 aromatic carbocycles. The molecule has 1 heterocycles. The highest BCUT2D eigenvalue weighted by atomic mass is 19.1. The topological polar surface area (TPSA) is 42.0 Å². The third kappa shape index (κ3) is 4.14. The standard InChI is InChI=1S/C20H23FN2O3/c1-25-17-6-7-18(19(13-17)26-2)20(24)23-10-8-22(9-11-23)14-15-4-3-5-16(21)12-15/h3-7,12-13H,8-11,14H2,1-2H3. The Morgan fingerprint density at radius 2 is 1.81 bits per heavy atom. The van der Waals surface area contributed by atoms with Crippen molar-refractivity contribution < 1.29 is 18.7 Å². The number of rotatable bonds is 5. The molecule has 138 valence electrons. The number of carbonyl (C=O) groups is 1. The van der Waals surface area contributed by atoms with Gasteiger partial charge in [-0.05, 0) is 29.8 Å². The number of amides is 1. The highest BCUT2D eigenvalue weighted by Crippen LogP contribution is 2.26. The number of piperazine rings is 1. The molecule has 0 N–H and O–H groups in total. The molecule has 1 aliphatic heterocycles. The molecule has 2 aromatic rings. The van der Waals surface area contributed by atoms with Crippen LogP contribution in [0.3, 0.4) is 0 Å². The lowest BCUT2D eigenvalue weighted by atomic mass is 10.1. The molecular weight excluding hydrogens is 335 g/mol. The lowest BCUT2D eigenvalue weighted by molar-refractivity contribution is 0.0625. The van der Waals surface area contributed by atoms with Crippen LogP contribution in [0.25, 0.3) is 0 Å². The molecule has 0 atom stereocenters. The minimum Gasteiger partial charge on any atom is -0.497 e. The van der Waals surface area contributed by atoms with Gasteiger partial charge >= 0.3 is 0 Å². The Kier molecular flexibility index (Phi) is 5.73. The van der Waals surface area contributed by atoms with E-state index < -0.39 is 0 Å². The van der Waals surface area contributed by atoms with Gasteiger partial charge in [0.1, 0.15) is 17.3 Å². The van der Waals surface area contributed by atoms with Crippen LogP contribution in [0, 0.1) is 5.82 Å². The number of nitrogens with zero attached hydrogens (tertiary/aromatic N) is 2. The number of benzene rings is 2. The van der Waals surface area contributed by atoms with Gasteiger partial charge in [0.15, 0.2) is 0 Å². The summed E-state index contributed by atoms with van der Waals surface area (Å²) < 4.78 is 23.8. The fraction of sp³-hybridized carbons (Fsp3) is 0.350. The summed E-state index contributed by atoms with van der Waals surface area (Å²) in [5, 5.41) is 0. The van der Waals surface area contributed by atoms with E-state index in [9.17, 15) is 9.18 Å². The summed E-state index contributed by atoms with van der Waals surface area (Å²) in [6, 6.07) is 11.9. The molecule has 0 bridgehead atoms. The fourth-order valence-corrected chi connectivity index (χ4v) is 3.15. The van der Waals surface area contributed by atoms with Crippen LogP contribution >= 0.6 is 0 Å². The molecule has 0 unspecified atom stereocenters. The van der Waals surface area contributed by atoms with Crippen LogP contribution in [0.5, 0.6) is 11.5 Å². The van der Waals surface area contributed by atoms with Gasteiger partial charge in [0.25, 0.3) is 5.91 Å². The predicted octanol–water partition coefficient (Wildman–Crippen LogP) is 2.80. The number of hydrogen-bond acceptors (Lipinski definition) is 4. The van der Waals surface area contributed by atoms with Crippen molar-refractivity contribution in [2.75, 3.05) is 40.4 Å². The van der Waals surface area contributed by atoms with Gasteiger partial charge in [-0.1, -0.05) is 12.1 Å². The fourth-order valence-electron chi connectivity index (χ4n) is 3.15. The zero-order valence-corrected chi connectivity index (χ0v) is 15.1. The first-order chi connectivity index (χ1) is 12.6. The number of halogens is 1. The Hall–Kier alpha value is -2.60. The monoisotopic (exact) mass is 358 g/mol. The van der Waals surface area contributed by atoms with Crippen molar-refractivity contribution in [3.05, 3.63) is 59.4 Å². The number of ether oxygens (including phenoxy) is 2. The van der Waals surface area contributed by atoms with Crippen molar-refractivity contribution >= 4 is 5.91 Å². The Balaban J connectivity index is 1.62. The van der Waals surface area contributed by atoms with Gasteiger partial charge in [0.05, 0.1) is 19.8 Å². The Morgan fingerprint density at radius 1 is 1.04 bits per heavy atom. The van der Waals surface area contributed by atoms with E-state index in [0.29, 0.717) is 36.7 Å². The molecule has 1 fully saturated rings. The SMILES string of the molecule is COc1ccc(C(=O)N2CCN(Cc3cccc(F)c3)CC2)c(OC)c1. The minimum atomic E-state index is -0.220. The molecule has 26 heavy (non-hydrogen) atoms. The second kappa shape index (κ2) is 8.19. The van der Waals surface area contributed by atoms with E-state index >= 15 is 0 Å². The highest BCUT2D eigenvalue weighted by Gasteiger charge is 2.24. The van der Waals surface area contributed by atoms with Crippen LogP contribution in [0.1, 0.15) is 15.9 Å². The van der Waals surface area contributed by atoms with Crippen molar-refractivity contribution in [2.24, 2.45) is 0 Å². The molecule has 6 heteroatoms. The van der Waals surface area contributed by atoms with Gasteiger partial charge in [0, 0.05) is 38.8 Å². The van der Waals surface area contributed by atoms with Crippen LogP contribution in [-0.2, 0) is 6.54 Å². The van der Waals surface area contributed by atoms with Gasteiger partial charge in [-0.25, -0.2) is 4.39 Å². The first-order valence-corrected chi connectivity index (χ1v) is 8.59. The van der Waals surface area contributed by atoms with Crippen LogP contribution in [0.15, 0.2) is 42.5 Å². The van der Waals surface area contributed by atoms with Crippen molar-refractivity contribution in [3.63, 3.8) is 0 Å². The predicted molar refractivity (Wildman–Crippen MR) is 97.1 cm³/mol. The van der Waals surface area contributed by atoms with E-state index in [0.717, 1.165) is 18.7 Å². The van der Waals surface area contributed by atoms with E-state index in [2.05, 4.69) is 4.90 Å². The van der Waals surface area contributed by atoms with Crippen LogP contribution in [-0.4, -0.2) is 56.1 Å². The number of methoxy groups -OCH3 is 2. The molecule has 0 spiro atoms. The molecule has 5 nitrogen and oxygen atoms in total. The Labute approximate surface area is 152 Å². The summed E-state index contributed by atoms with van der Waals surface area (Å²) in [5.41, 5.74) is 1.48. The van der Waals surface area contributed by atoms with Crippen LogP contribution in [0.2, 0.25) is 0 Å². The smallest absolute Gasteiger partial charge is 0.257 e. The summed E-state index contributed by atoms with van der Waals surface area (Å²) in [5.74, 6) is 0.896. The van der Waals surface area contributed by atoms with Crippen molar-refractivity contribution in [1.82, 2.24) is 9.80 Å². The second-order valence-corrected chi connectivity index (χ2v) is 6.26. The number of hydrogen-bond donors (Lipinski definition) is 0. The van der Waals surface area contributed by atoms with Gasteiger partial charge in [0.2, 0.25) is 0 Å². The third-order valence-corrected chi connectivity index (χ3v) is 4.59. The van der Waals surface area contributed by atoms with Gasteiger partial charge in [-0.15, -0.1) is 0 Å². The van der Waals surface area contributed by atoms with E-state index in [1.165, 1.54) is 6.07 Å². The quantitative estimate of drug-likeness (QED) is 0.824. The summed E-state index contributed by atoms with van der Waals surface area (Å²) in [7, 11) is 3.12. The molecular formula is C20H23FN2O3. The van der Waals surface area contributed by atoms with Gasteiger partial charge < -0.3 is 14.4 Å². The summed E-state index contributed by atoms with van der Waals surface area (Å²) in [4.78, 5) is 16.9. The molecule has 0 radical (unpaired) electrons. The first-order valence-electron chi connectivity index (χ1n) is 8.59. The average molecular weight is 358 g/mol. The molecule has 1 aliphatic rings. The molecule has 3 rings (SSSR count). The average Bonchev–Trinajstić information content (AvgIpc) is 2.67. The molecule has 0 saturated carbocycles. The zero-order chi connectivity index (χ0) is 18.5. The maximum absolute atomic E-state index is 13.3. The van der Waals surface area contributed by atoms with E-state index in [-0.39, 0.29) is 11.7 Å². The van der Waals surface area contributed by atoms with E-state index in [1.807, 2.05) is 11.0 Å². The lowest BCUT2D eigenvalue weighted by Crippen LogP contribution is -2.48. The highest BCUT2D eigenvalue weighted by molar-refractivity contribution is 5.97. The first kappa shape index (κ1) is 18.2. The zero-order valence-electron chi connectivity index (χ0n) is 15.1. The van der Waals surface area contributed by atoms with Gasteiger partial charge in [-0.3, -0.25) is 9.69 Å². The molecule has 1 saturated heterocycles. The summed E-state index contributed by atoms with van der Waals surface area (Å²) >= 11 is 0. The maximum atomic E-state index is 13.3. The van der Waals surface area contributed by atoms with Gasteiger partial charge in [-0.2, -0.15) is 0 Å². The Bertz CT molecular complexity index is 773. The number of carbonyl (C=O) groups excluding carboxylic acids is 1. The van der Waals surface area contributed by atoms with Crippen molar-refractivity contribution in [3.8, 4) is 11.5 Å². The summed E-state index contributed by atoms with van der Waals surface area (Å²) in [6.07, 6.45) is 0. The minimum absolute atomic E-state index is 0.0464. The van der Waals surface area contributed by atoms with Crippen LogP contribution < -0.4 is 9.47 Å². The molecule has 1 amide bonds. The second-order valence-electron chi connectivity index (χ2n) is 6.26. The maximum Gasteiger partial charge on any atom is 0.257 e. The summed E-state index contributed by atoms with van der Waals surface area (Å²) in [6.45, 7) is 3.44. The van der Waals surface area contributed by atoms with Crippen LogP contribution in [0.4, 0.5) is 4.39 Å². The largest absolute Gasteiger partial charge is 0.497 e. The molecule has 0 aliphatic carbocycles. The van der Waals surface area contributed by atoms with Crippen molar-refractivity contribution in [2.45, 2.75) is 6.54 Å². The molecule has 0 aromatic heterocycles. The van der Waals surface area contributed by atoms with Crippen molar-refractivity contribution in [1.29, 1.82) is 0 Å². The third-order valence-electron chi connectivity index (χ3n) is 4.59.